The molecule has 1 aromatic carbocycles. The second kappa shape index (κ2) is 8.10. The van der Waals surface area contributed by atoms with Gasteiger partial charge in [0.2, 0.25) is 11.9 Å². The van der Waals surface area contributed by atoms with Gasteiger partial charge in [0.1, 0.15) is 17.5 Å². The van der Waals surface area contributed by atoms with Gasteiger partial charge in [-0.3, -0.25) is 20.3 Å². The first-order valence-corrected chi connectivity index (χ1v) is 9.11. The molecule has 0 aromatic heterocycles. The first kappa shape index (κ1) is 19.4. The second-order valence-electron chi connectivity index (χ2n) is 7.13. The molecule has 9 heteroatoms. The Morgan fingerprint density at radius 3 is 2.74 bits per heavy atom. The molecule has 5 atom stereocenters. The number of amides is 1. The van der Waals surface area contributed by atoms with Crippen molar-refractivity contribution in [3.05, 3.63) is 33.9 Å². The molecular formula is C18H26N4O5. The van der Waals surface area contributed by atoms with Crippen LogP contribution in [-0.2, 0) is 4.79 Å². The maximum Gasteiger partial charge on any atom is 0.239 e. The molecule has 0 radical (unpaired) electrons. The molecule has 1 heterocycles. The Labute approximate surface area is 157 Å². The molecule has 1 saturated heterocycles. The smallest absolute Gasteiger partial charge is 0.239 e. The molecule has 27 heavy (non-hydrogen) atoms. The number of carbonyl (C=O) groups is 1. The van der Waals surface area contributed by atoms with Crippen LogP contribution in [0.15, 0.2) is 18.2 Å². The number of nitrogens with one attached hydrogen (secondary N) is 3. The van der Waals surface area contributed by atoms with Crippen LogP contribution in [0.4, 0.5) is 0 Å². The number of hydrogen-bond donors (Lipinski definition) is 3. The number of nitrogens with zero attached hydrogens (tertiary/aromatic N) is 1. The van der Waals surface area contributed by atoms with Crippen LogP contribution in [0.3, 0.4) is 0 Å². The quantitative estimate of drug-likeness (QED) is 0.503. The fraction of sp³-hybridized carbons (Fsp3) is 0.611. The number of ether oxygens (including phenoxy) is 2. The zero-order chi connectivity index (χ0) is 19.6. The SMILES string of the molecule is COc1ccc(C(C)NC(=O)C2NNC3CCC([N+](=O)[O-])CC32)c(OC)c1. The lowest BCUT2D eigenvalue weighted by atomic mass is 9.79. The maximum atomic E-state index is 12.8. The van der Waals surface area contributed by atoms with Crippen molar-refractivity contribution in [2.75, 3.05) is 14.2 Å². The summed E-state index contributed by atoms with van der Waals surface area (Å²) in [5.74, 6) is 1.03. The fourth-order valence-corrected chi connectivity index (χ4v) is 4.04. The predicted molar refractivity (Wildman–Crippen MR) is 98.1 cm³/mol. The number of hydrazine groups is 1. The van der Waals surface area contributed by atoms with Gasteiger partial charge in [0, 0.05) is 41.4 Å². The van der Waals surface area contributed by atoms with Crippen LogP contribution in [0, 0.1) is 16.0 Å². The van der Waals surface area contributed by atoms with Crippen molar-refractivity contribution in [2.45, 2.75) is 50.4 Å². The Kier molecular flexibility index (Phi) is 5.81. The normalized spacial score (nSPS) is 28.1. The highest BCUT2D eigenvalue weighted by molar-refractivity contribution is 5.83. The van der Waals surface area contributed by atoms with Crippen LogP contribution in [0.2, 0.25) is 0 Å². The highest BCUT2D eigenvalue weighted by Crippen LogP contribution is 2.33. The van der Waals surface area contributed by atoms with E-state index in [0.717, 1.165) is 5.56 Å². The van der Waals surface area contributed by atoms with Crippen molar-refractivity contribution < 1.29 is 19.2 Å². The number of methoxy groups -OCH3 is 2. The average molecular weight is 378 g/mol. The molecule has 1 aliphatic carbocycles. The van der Waals surface area contributed by atoms with E-state index < -0.39 is 12.1 Å². The van der Waals surface area contributed by atoms with Crippen LogP contribution in [0.25, 0.3) is 0 Å². The van der Waals surface area contributed by atoms with Gasteiger partial charge in [0.05, 0.1) is 20.3 Å². The Morgan fingerprint density at radius 1 is 1.30 bits per heavy atom. The van der Waals surface area contributed by atoms with Gasteiger partial charge in [-0.2, -0.15) is 0 Å². The average Bonchev–Trinajstić information content (AvgIpc) is 3.10. The molecule has 3 rings (SSSR count). The lowest BCUT2D eigenvalue weighted by Gasteiger charge is -2.29. The molecule has 5 unspecified atom stereocenters. The van der Waals surface area contributed by atoms with Crippen molar-refractivity contribution >= 4 is 5.91 Å². The van der Waals surface area contributed by atoms with Gasteiger partial charge in [-0.15, -0.1) is 0 Å². The van der Waals surface area contributed by atoms with Crippen molar-refractivity contribution in [1.29, 1.82) is 0 Å². The van der Waals surface area contributed by atoms with Crippen molar-refractivity contribution in [3.8, 4) is 11.5 Å². The predicted octanol–water partition coefficient (Wildman–Crippen LogP) is 1.17. The molecule has 3 N–H and O–H groups in total. The van der Waals surface area contributed by atoms with Gasteiger partial charge < -0.3 is 14.8 Å². The molecule has 1 aliphatic heterocycles. The Morgan fingerprint density at radius 2 is 2.07 bits per heavy atom. The zero-order valence-corrected chi connectivity index (χ0v) is 15.7. The molecule has 148 valence electrons. The molecule has 0 spiro atoms. The lowest BCUT2D eigenvalue weighted by Crippen LogP contribution is -2.47. The molecule has 2 fully saturated rings. The number of rotatable bonds is 6. The van der Waals surface area contributed by atoms with Gasteiger partial charge in [0.15, 0.2) is 0 Å². The number of nitro groups is 1. The highest BCUT2D eigenvalue weighted by Gasteiger charge is 2.46. The van der Waals surface area contributed by atoms with Crippen molar-refractivity contribution in [1.82, 2.24) is 16.2 Å². The van der Waals surface area contributed by atoms with Crippen molar-refractivity contribution in [2.24, 2.45) is 5.92 Å². The Hall–Kier alpha value is -2.39. The van der Waals surface area contributed by atoms with Gasteiger partial charge in [-0.1, -0.05) is 0 Å². The molecule has 1 aromatic rings. The Bertz CT molecular complexity index is 713. The third-order valence-corrected chi connectivity index (χ3v) is 5.57. The van der Waals surface area contributed by atoms with Crippen LogP contribution < -0.4 is 25.6 Å². The summed E-state index contributed by atoms with van der Waals surface area (Å²) in [6.07, 6.45) is 1.63. The number of fused-ring (bicyclic) bond motifs is 1. The molecule has 0 bridgehead atoms. The van der Waals surface area contributed by atoms with E-state index in [2.05, 4.69) is 16.2 Å². The van der Waals surface area contributed by atoms with Gasteiger partial charge in [0.25, 0.3) is 0 Å². The summed E-state index contributed by atoms with van der Waals surface area (Å²) < 4.78 is 10.6. The fourth-order valence-electron chi connectivity index (χ4n) is 4.04. The molecule has 9 nitrogen and oxygen atoms in total. The van der Waals surface area contributed by atoms with E-state index in [1.54, 1.807) is 20.3 Å². The van der Waals surface area contributed by atoms with Crippen LogP contribution >= 0.6 is 0 Å². The highest BCUT2D eigenvalue weighted by atomic mass is 16.6. The number of carbonyl (C=O) groups excluding carboxylic acids is 1. The van der Waals surface area contributed by atoms with Crippen molar-refractivity contribution in [3.63, 3.8) is 0 Å². The van der Waals surface area contributed by atoms with Gasteiger partial charge >= 0.3 is 0 Å². The minimum atomic E-state index is -0.581. The number of benzene rings is 1. The molecule has 2 aliphatic rings. The van der Waals surface area contributed by atoms with Crippen LogP contribution in [0.1, 0.15) is 37.8 Å². The number of hydrogen-bond acceptors (Lipinski definition) is 7. The summed E-state index contributed by atoms with van der Waals surface area (Å²) in [5.41, 5.74) is 6.98. The van der Waals surface area contributed by atoms with E-state index in [-0.39, 0.29) is 28.8 Å². The maximum absolute atomic E-state index is 12.8. The van der Waals surface area contributed by atoms with Gasteiger partial charge in [-0.25, -0.2) is 5.43 Å². The van der Waals surface area contributed by atoms with E-state index in [9.17, 15) is 14.9 Å². The third-order valence-electron chi connectivity index (χ3n) is 5.57. The van der Waals surface area contributed by atoms with E-state index in [0.29, 0.717) is 30.8 Å². The molecule has 1 amide bonds. The topological polar surface area (TPSA) is 115 Å². The van der Waals surface area contributed by atoms with Crippen LogP contribution in [-0.4, -0.2) is 43.2 Å². The van der Waals surface area contributed by atoms with E-state index in [1.165, 1.54) is 0 Å². The molecular weight excluding hydrogens is 352 g/mol. The minimum absolute atomic E-state index is 0.0859. The summed E-state index contributed by atoms with van der Waals surface area (Å²) in [6, 6.07) is 4.17. The summed E-state index contributed by atoms with van der Waals surface area (Å²) in [6.45, 7) is 1.88. The van der Waals surface area contributed by atoms with Crippen LogP contribution in [0.5, 0.6) is 11.5 Å². The van der Waals surface area contributed by atoms with E-state index in [1.807, 2.05) is 19.1 Å². The summed E-state index contributed by atoms with van der Waals surface area (Å²) in [4.78, 5) is 23.8. The largest absolute Gasteiger partial charge is 0.497 e. The first-order chi connectivity index (χ1) is 12.9. The minimum Gasteiger partial charge on any atom is -0.497 e. The van der Waals surface area contributed by atoms with E-state index >= 15 is 0 Å². The summed E-state index contributed by atoms with van der Waals surface area (Å²) in [5, 5.41) is 14.1. The summed E-state index contributed by atoms with van der Waals surface area (Å²) >= 11 is 0. The Balaban J connectivity index is 1.69. The summed E-state index contributed by atoms with van der Waals surface area (Å²) in [7, 11) is 3.15. The third kappa shape index (κ3) is 3.98. The zero-order valence-electron chi connectivity index (χ0n) is 15.7. The lowest BCUT2D eigenvalue weighted by molar-refractivity contribution is -0.528. The van der Waals surface area contributed by atoms with E-state index in [4.69, 9.17) is 9.47 Å². The standard InChI is InChI=1S/C18H26N4O5/c1-10(13-6-5-12(26-2)9-16(13)27-3)19-18(23)17-14-8-11(22(24)25)4-7-15(14)20-21-17/h5-6,9-11,14-15,17,20-21H,4,7-8H2,1-3H3,(H,19,23). The second-order valence-corrected chi connectivity index (χ2v) is 7.13. The van der Waals surface area contributed by atoms with Gasteiger partial charge in [-0.05, 0) is 25.5 Å². The molecule has 1 saturated carbocycles. The first-order valence-electron chi connectivity index (χ1n) is 9.11. The monoisotopic (exact) mass is 378 g/mol.